The molecule has 0 N–H and O–H groups in total. The van der Waals surface area contributed by atoms with E-state index in [1.807, 2.05) is 30.3 Å². The van der Waals surface area contributed by atoms with Crippen LogP contribution >= 0.6 is 15.9 Å². The molecule has 1 atom stereocenters. The molecule has 3 nitrogen and oxygen atoms in total. The van der Waals surface area contributed by atoms with Crippen LogP contribution in [0.5, 0.6) is 0 Å². The number of benzene rings is 2. The van der Waals surface area contributed by atoms with Crippen LogP contribution in [0.2, 0.25) is 0 Å². The van der Waals surface area contributed by atoms with E-state index in [9.17, 15) is 13.6 Å². The van der Waals surface area contributed by atoms with Gasteiger partial charge in [-0.3, -0.25) is 4.90 Å². The summed E-state index contributed by atoms with van der Waals surface area (Å²) in [5, 5.41) is 0. The van der Waals surface area contributed by atoms with Crippen LogP contribution in [-0.2, 0) is 17.8 Å². The fourth-order valence-corrected chi connectivity index (χ4v) is 3.33. The highest BCUT2D eigenvalue weighted by atomic mass is 79.9. The van der Waals surface area contributed by atoms with Crippen molar-refractivity contribution in [2.24, 2.45) is 0 Å². The first-order valence-corrected chi connectivity index (χ1v) is 8.44. The maximum Gasteiger partial charge on any atom is 0.414 e. The molecule has 0 fully saturated rings. The number of hydrogen-bond donors (Lipinski definition) is 0. The van der Waals surface area contributed by atoms with Crippen LogP contribution < -0.4 is 4.90 Å². The lowest BCUT2D eigenvalue weighted by molar-refractivity contribution is 0.144. The zero-order valence-electron chi connectivity index (χ0n) is 13.1. The summed E-state index contributed by atoms with van der Waals surface area (Å²) in [7, 11) is 0. The van der Waals surface area contributed by atoms with Gasteiger partial charge in [-0.25, -0.2) is 13.6 Å². The van der Waals surface area contributed by atoms with Crippen LogP contribution in [0.1, 0.15) is 24.5 Å². The van der Waals surface area contributed by atoms with E-state index in [1.165, 1.54) is 4.90 Å². The highest BCUT2D eigenvalue weighted by Crippen LogP contribution is 2.38. The minimum atomic E-state index is -0.673. The Balaban J connectivity index is 1.88. The molecule has 1 aliphatic heterocycles. The lowest BCUT2D eigenvalue weighted by Gasteiger charge is -2.35. The van der Waals surface area contributed by atoms with Crippen LogP contribution in [0.3, 0.4) is 0 Å². The van der Waals surface area contributed by atoms with E-state index in [0.717, 1.165) is 11.6 Å². The Labute approximate surface area is 147 Å². The Morgan fingerprint density at radius 3 is 2.75 bits per heavy atom. The number of rotatable bonds is 2. The largest absolute Gasteiger partial charge is 0.444 e. The quantitative estimate of drug-likeness (QED) is 0.653. The summed E-state index contributed by atoms with van der Waals surface area (Å²) < 4.78 is 34.1. The number of halogens is 3. The van der Waals surface area contributed by atoms with Gasteiger partial charge in [0.05, 0.1) is 10.2 Å². The number of hydrogen-bond acceptors (Lipinski definition) is 2. The van der Waals surface area contributed by atoms with E-state index in [-0.39, 0.29) is 28.4 Å². The Kier molecular flexibility index (Phi) is 4.85. The van der Waals surface area contributed by atoms with Crippen LogP contribution in [0.25, 0.3) is 0 Å². The van der Waals surface area contributed by atoms with Gasteiger partial charge in [-0.1, -0.05) is 30.3 Å². The fourth-order valence-electron chi connectivity index (χ4n) is 2.89. The number of anilines is 1. The van der Waals surface area contributed by atoms with Gasteiger partial charge in [-0.2, -0.15) is 0 Å². The molecule has 1 unspecified atom stereocenters. The average Bonchev–Trinajstić information content (AvgIpc) is 2.58. The van der Waals surface area contributed by atoms with Gasteiger partial charge in [0.2, 0.25) is 0 Å². The molecule has 0 saturated heterocycles. The van der Waals surface area contributed by atoms with E-state index in [2.05, 4.69) is 15.9 Å². The van der Waals surface area contributed by atoms with Crippen LogP contribution in [0.4, 0.5) is 19.3 Å². The topological polar surface area (TPSA) is 29.5 Å². The SMILES string of the molecule is CC1CCc2c(F)c(Br)cc(F)c2N1C(=O)OCc1ccccc1. The molecule has 0 radical (unpaired) electrons. The van der Waals surface area contributed by atoms with Gasteiger partial charge in [0.15, 0.2) is 0 Å². The molecular weight excluding hydrogens is 380 g/mol. The van der Waals surface area contributed by atoms with Gasteiger partial charge in [0, 0.05) is 11.6 Å². The molecule has 1 aliphatic rings. The lowest BCUT2D eigenvalue weighted by atomic mass is 9.96. The van der Waals surface area contributed by atoms with Gasteiger partial charge in [-0.05, 0) is 47.3 Å². The van der Waals surface area contributed by atoms with Crippen molar-refractivity contribution >= 4 is 27.7 Å². The van der Waals surface area contributed by atoms with Gasteiger partial charge in [0.1, 0.15) is 18.2 Å². The lowest BCUT2D eigenvalue weighted by Crippen LogP contribution is -2.43. The van der Waals surface area contributed by atoms with Crippen molar-refractivity contribution < 1.29 is 18.3 Å². The van der Waals surface area contributed by atoms with Gasteiger partial charge in [-0.15, -0.1) is 0 Å². The summed E-state index contributed by atoms with van der Waals surface area (Å²) in [5.74, 6) is -1.17. The minimum absolute atomic E-state index is 0.0208. The second-order valence-corrected chi connectivity index (χ2v) is 6.63. The van der Waals surface area contributed by atoms with Crippen LogP contribution in [0.15, 0.2) is 40.9 Å². The monoisotopic (exact) mass is 395 g/mol. The predicted octanol–water partition coefficient (Wildman–Crippen LogP) is 5.21. The maximum absolute atomic E-state index is 14.4. The summed E-state index contributed by atoms with van der Waals surface area (Å²) in [6, 6.07) is 9.99. The first-order chi connectivity index (χ1) is 11.5. The molecule has 0 spiro atoms. The average molecular weight is 396 g/mol. The fraction of sp³-hybridized carbons (Fsp3) is 0.278. The Morgan fingerprint density at radius 2 is 2.04 bits per heavy atom. The standard InChI is InChI=1S/C18H16BrF2NO2/c1-11-7-8-13-16(21)14(19)9-15(20)17(13)22(11)18(23)24-10-12-5-3-2-4-6-12/h2-6,9,11H,7-8,10H2,1H3. The van der Waals surface area contributed by atoms with Gasteiger partial charge >= 0.3 is 6.09 Å². The number of carbonyl (C=O) groups excluding carboxylic acids is 1. The first-order valence-electron chi connectivity index (χ1n) is 7.65. The van der Waals surface area contributed by atoms with E-state index in [4.69, 9.17) is 4.74 Å². The molecule has 6 heteroatoms. The minimum Gasteiger partial charge on any atom is -0.444 e. The molecule has 0 bridgehead atoms. The maximum atomic E-state index is 14.4. The number of carbonyl (C=O) groups is 1. The third-order valence-electron chi connectivity index (χ3n) is 4.14. The zero-order valence-corrected chi connectivity index (χ0v) is 14.6. The second-order valence-electron chi connectivity index (χ2n) is 5.78. The number of amides is 1. The molecule has 0 saturated carbocycles. The summed E-state index contributed by atoms with van der Waals surface area (Å²) in [6.07, 6.45) is 0.245. The van der Waals surface area contributed by atoms with E-state index in [0.29, 0.717) is 12.8 Å². The summed E-state index contributed by atoms with van der Waals surface area (Å²) in [6.45, 7) is 1.88. The molecule has 126 valence electrons. The number of nitrogens with zero attached hydrogens (tertiary/aromatic N) is 1. The summed E-state index contributed by atoms with van der Waals surface area (Å²) >= 11 is 3.01. The van der Waals surface area contributed by atoms with E-state index in [1.54, 1.807) is 6.92 Å². The summed E-state index contributed by atoms with van der Waals surface area (Å²) in [4.78, 5) is 13.7. The molecule has 0 aromatic heterocycles. The second kappa shape index (κ2) is 6.89. The molecule has 1 heterocycles. The summed E-state index contributed by atoms with van der Waals surface area (Å²) in [5.41, 5.74) is 1.02. The molecule has 2 aromatic carbocycles. The Hall–Kier alpha value is -1.95. The number of ether oxygens (including phenoxy) is 1. The predicted molar refractivity (Wildman–Crippen MR) is 90.9 cm³/mol. The smallest absolute Gasteiger partial charge is 0.414 e. The molecule has 0 aliphatic carbocycles. The number of fused-ring (bicyclic) bond motifs is 1. The van der Waals surface area contributed by atoms with Gasteiger partial charge < -0.3 is 4.74 Å². The molecule has 3 rings (SSSR count). The Morgan fingerprint density at radius 1 is 1.33 bits per heavy atom. The van der Waals surface area contributed by atoms with Crippen LogP contribution in [-0.4, -0.2) is 12.1 Å². The van der Waals surface area contributed by atoms with Crippen molar-refractivity contribution in [3.05, 3.63) is 63.6 Å². The van der Waals surface area contributed by atoms with Gasteiger partial charge in [0.25, 0.3) is 0 Å². The van der Waals surface area contributed by atoms with Crippen molar-refractivity contribution in [3.63, 3.8) is 0 Å². The molecule has 1 amide bonds. The molecule has 24 heavy (non-hydrogen) atoms. The van der Waals surface area contributed by atoms with Crippen molar-refractivity contribution in [1.29, 1.82) is 0 Å². The van der Waals surface area contributed by atoms with Crippen molar-refractivity contribution in [3.8, 4) is 0 Å². The van der Waals surface area contributed by atoms with Crippen molar-refractivity contribution in [2.45, 2.75) is 32.4 Å². The third kappa shape index (κ3) is 3.15. The molecular formula is C18H16BrF2NO2. The third-order valence-corrected chi connectivity index (χ3v) is 4.71. The zero-order chi connectivity index (χ0) is 17.3. The van der Waals surface area contributed by atoms with Crippen molar-refractivity contribution in [2.75, 3.05) is 4.90 Å². The molecule has 2 aromatic rings. The van der Waals surface area contributed by atoms with E-state index >= 15 is 0 Å². The first kappa shape index (κ1) is 16.9. The van der Waals surface area contributed by atoms with E-state index < -0.39 is 17.7 Å². The highest BCUT2D eigenvalue weighted by Gasteiger charge is 2.34. The van der Waals surface area contributed by atoms with Crippen LogP contribution in [0, 0.1) is 11.6 Å². The Bertz CT molecular complexity index is 767. The highest BCUT2D eigenvalue weighted by molar-refractivity contribution is 9.10. The van der Waals surface area contributed by atoms with Crippen molar-refractivity contribution in [1.82, 2.24) is 0 Å². The normalized spacial score (nSPS) is 16.7.